The second kappa shape index (κ2) is 3.46. The molecule has 0 saturated heterocycles. The van der Waals surface area contributed by atoms with Crippen LogP contribution in [-0.4, -0.2) is 22.3 Å². The summed E-state index contributed by atoms with van der Waals surface area (Å²) in [5, 5.41) is 9.35. The number of allylic oxidation sites excluding steroid dienone is 2. The molecule has 3 heteroatoms. The first-order valence-electron chi connectivity index (χ1n) is 5.05. The number of rotatable bonds is 1. The molecule has 2 bridgehead atoms. The van der Waals surface area contributed by atoms with Crippen LogP contribution in [0.5, 0.6) is 0 Å². The molecule has 3 rings (SSSR count). The van der Waals surface area contributed by atoms with Crippen molar-refractivity contribution in [3.63, 3.8) is 0 Å². The second-order valence-electron chi connectivity index (χ2n) is 4.47. The lowest BCUT2D eigenvalue weighted by molar-refractivity contribution is -0.128. The van der Waals surface area contributed by atoms with Crippen molar-refractivity contribution in [2.24, 2.45) is 23.7 Å². The predicted molar refractivity (Wildman–Crippen MR) is 58.2 cm³/mol. The van der Waals surface area contributed by atoms with Crippen LogP contribution in [0.3, 0.4) is 0 Å². The van der Waals surface area contributed by atoms with Gasteiger partial charge in [-0.2, -0.15) is 0 Å². The van der Waals surface area contributed by atoms with Crippen LogP contribution in [0.15, 0.2) is 11.6 Å². The first-order chi connectivity index (χ1) is 6.57. The van der Waals surface area contributed by atoms with Gasteiger partial charge in [0.05, 0.1) is 4.83 Å². The molecule has 0 radical (unpaired) electrons. The molecule has 1 saturated carbocycles. The number of hydrogen-bond acceptors (Lipinski definition) is 2. The average Bonchev–Trinajstić information content (AvgIpc) is 2.16. The van der Waals surface area contributed by atoms with E-state index in [1.807, 2.05) is 0 Å². The number of fused-ring (bicyclic) bond motifs is 2. The van der Waals surface area contributed by atoms with Crippen molar-refractivity contribution in [2.75, 3.05) is 6.61 Å². The first kappa shape index (κ1) is 10.4. The van der Waals surface area contributed by atoms with Crippen LogP contribution in [0.1, 0.15) is 13.8 Å². The first-order valence-corrected chi connectivity index (χ1v) is 5.96. The number of hydrogen-bond donors (Lipinski definition) is 1. The van der Waals surface area contributed by atoms with E-state index in [2.05, 4.69) is 35.9 Å². The molecule has 0 unspecified atom stereocenters. The Hall–Kier alpha value is -0.150. The van der Waals surface area contributed by atoms with E-state index in [0.29, 0.717) is 0 Å². The predicted octanol–water partition coefficient (Wildman–Crippen LogP) is 1.77. The van der Waals surface area contributed by atoms with Crippen LogP contribution in [0, 0.1) is 23.7 Å². The third-order valence-corrected chi connectivity index (χ3v) is 4.82. The van der Waals surface area contributed by atoms with E-state index in [4.69, 9.17) is 0 Å². The molecule has 0 aromatic heterocycles. The Balaban J connectivity index is 2.42. The molecule has 3 aliphatic rings. The van der Waals surface area contributed by atoms with E-state index in [0.717, 1.165) is 0 Å². The highest BCUT2D eigenvalue weighted by atomic mass is 79.9. The minimum absolute atomic E-state index is 0.0153. The highest BCUT2D eigenvalue weighted by molar-refractivity contribution is 9.10. The molecule has 0 spiro atoms. The standard InChI is InChI=1S/C11H15BrO2/c1-5-3-7-6(2)8(4-13)9(5)10(12)11(7)14/h3,6-10,13H,4H2,1-2H3/t6-,7+,8+,9-,10+/m0/s1. The minimum Gasteiger partial charge on any atom is -0.396 e. The lowest BCUT2D eigenvalue weighted by Crippen LogP contribution is -2.51. The quantitative estimate of drug-likeness (QED) is 0.575. The third-order valence-electron chi connectivity index (χ3n) is 3.80. The monoisotopic (exact) mass is 258 g/mol. The number of alkyl halides is 1. The fourth-order valence-corrected chi connectivity index (χ4v) is 4.02. The summed E-state index contributed by atoms with van der Waals surface area (Å²) in [6.45, 7) is 4.31. The zero-order chi connectivity index (χ0) is 10.5. The topological polar surface area (TPSA) is 37.3 Å². The van der Waals surface area contributed by atoms with Crippen molar-refractivity contribution in [1.29, 1.82) is 0 Å². The molecule has 0 aromatic carbocycles. The zero-order valence-corrected chi connectivity index (χ0v) is 9.99. The van der Waals surface area contributed by atoms with Crippen molar-refractivity contribution < 1.29 is 9.90 Å². The number of aliphatic hydroxyl groups is 1. The molecule has 0 aliphatic heterocycles. The molecule has 5 atom stereocenters. The minimum atomic E-state index is -0.0779. The van der Waals surface area contributed by atoms with E-state index in [1.54, 1.807) is 0 Å². The normalized spacial score (nSPS) is 46.7. The van der Waals surface area contributed by atoms with Gasteiger partial charge in [-0.05, 0) is 18.8 Å². The van der Waals surface area contributed by atoms with E-state index in [-0.39, 0.29) is 40.9 Å². The summed E-state index contributed by atoms with van der Waals surface area (Å²) >= 11 is 3.46. The van der Waals surface area contributed by atoms with Crippen LogP contribution in [-0.2, 0) is 4.79 Å². The lowest BCUT2D eigenvalue weighted by atomic mass is 9.60. The summed E-state index contributed by atoms with van der Waals surface area (Å²) in [7, 11) is 0. The van der Waals surface area contributed by atoms with Gasteiger partial charge in [0.2, 0.25) is 0 Å². The van der Waals surface area contributed by atoms with Crippen LogP contribution >= 0.6 is 15.9 Å². The highest BCUT2D eigenvalue weighted by Crippen LogP contribution is 2.48. The number of Topliss-reactive ketones (excluding diaryl/α,β-unsaturated/α-hetero) is 1. The summed E-state index contributed by atoms with van der Waals surface area (Å²) in [6, 6.07) is 0. The molecule has 78 valence electrons. The van der Waals surface area contributed by atoms with Crippen molar-refractivity contribution in [1.82, 2.24) is 0 Å². The number of carbonyl (C=O) groups is 1. The van der Waals surface area contributed by atoms with E-state index in [9.17, 15) is 9.90 Å². The third kappa shape index (κ3) is 1.22. The van der Waals surface area contributed by atoms with Gasteiger partial charge in [-0.1, -0.05) is 34.5 Å². The fraction of sp³-hybridized carbons (Fsp3) is 0.727. The average molecular weight is 259 g/mol. The van der Waals surface area contributed by atoms with Gasteiger partial charge in [0, 0.05) is 18.4 Å². The van der Waals surface area contributed by atoms with Gasteiger partial charge in [-0.3, -0.25) is 4.79 Å². The maximum absolute atomic E-state index is 11.8. The van der Waals surface area contributed by atoms with Crippen molar-refractivity contribution >= 4 is 21.7 Å². The van der Waals surface area contributed by atoms with Crippen molar-refractivity contribution in [3.05, 3.63) is 11.6 Å². The van der Waals surface area contributed by atoms with Crippen LogP contribution in [0.25, 0.3) is 0 Å². The number of halogens is 1. The number of aliphatic hydroxyl groups excluding tert-OH is 1. The Bertz CT molecular complexity index is 298. The van der Waals surface area contributed by atoms with E-state index >= 15 is 0 Å². The Morgan fingerprint density at radius 3 is 2.79 bits per heavy atom. The van der Waals surface area contributed by atoms with Crippen LogP contribution in [0.2, 0.25) is 0 Å². The summed E-state index contributed by atoms with van der Waals surface area (Å²) < 4.78 is 0. The Labute approximate surface area is 92.5 Å². The Morgan fingerprint density at radius 2 is 2.21 bits per heavy atom. The molecule has 0 amide bonds. The molecule has 2 nitrogen and oxygen atoms in total. The second-order valence-corrected chi connectivity index (χ2v) is 5.46. The Kier molecular flexibility index (Phi) is 2.56. The van der Waals surface area contributed by atoms with Gasteiger partial charge in [0.25, 0.3) is 0 Å². The van der Waals surface area contributed by atoms with Crippen LogP contribution in [0.4, 0.5) is 0 Å². The molecule has 3 aliphatic carbocycles. The summed E-state index contributed by atoms with van der Waals surface area (Å²) in [6.07, 6.45) is 2.08. The maximum atomic E-state index is 11.8. The van der Waals surface area contributed by atoms with Gasteiger partial charge in [-0.15, -0.1) is 0 Å². The molecular formula is C11H15BrO2. The van der Waals surface area contributed by atoms with Gasteiger partial charge >= 0.3 is 0 Å². The lowest BCUT2D eigenvalue weighted by Gasteiger charge is -2.47. The van der Waals surface area contributed by atoms with Crippen molar-refractivity contribution in [2.45, 2.75) is 18.7 Å². The smallest absolute Gasteiger partial charge is 0.154 e. The number of ketones is 1. The van der Waals surface area contributed by atoms with E-state index in [1.165, 1.54) is 5.57 Å². The molecular weight excluding hydrogens is 244 g/mol. The highest BCUT2D eigenvalue weighted by Gasteiger charge is 2.50. The van der Waals surface area contributed by atoms with Gasteiger partial charge in [-0.25, -0.2) is 0 Å². The Morgan fingerprint density at radius 1 is 1.57 bits per heavy atom. The summed E-state index contributed by atoms with van der Waals surface area (Å²) in [5.41, 5.74) is 1.26. The van der Waals surface area contributed by atoms with E-state index < -0.39 is 0 Å². The largest absolute Gasteiger partial charge is 0.396 e. The van der Waals surface area contributed by atoms with Gasteiger partial charge < -0.3 is 5.11 Å². The van der Waals surface area contributed by atoms with Crippen molar-refractivity contribution in [3.8, 4) is 0 Å². The summed E-state index contributed by atoms with van der Waals surface area (Å²) in [5.74, 6) is 1.04. The SMILES string of the molecule is CC1=C[C@H]2C(=O)[C@H](Br)[C@@H]1[C@H](CO)[C@H]2C. The number of carbonyl (C=O) groups excluding carboxylic acids is 1. The van der Waals surface area contributed by atoms with Gasteiger partial charge in [0.1, 0.15) is 0 Å². The van der Waals surface area contributed by atoms with Crippen LogP contribution < -0.4 is 0 Å². The molecule has 0 aromatic rings. The maximum Gasteiger partial charge on any atom is 0.154 e. The molecule has 14 heavy (non-hydrogen) atoms. The molecule has 1 N–H and O–H groups in total. The van der Waals surface area contributed by atoms with Gasteiger partial charge in [0.15, 0.2) is 5.78 Å². The summed E-state index contributed by atoms with van der Waals surface area (Å²) in [4.78, 5) is 11.8. The fourth-order valence-electron chi connectivity index (χ4n) is 2.91. The molecule has 0 heterocycles. The molecule has 1 fully saturated rings. The zero-order valence-electron chi connectivity index (χ0n) is 8.40.